The molecule has 0 radical (unpaired) electrons. The van der Waals surface area contributed by atoms with Crippen LogP contribution in [0.2, 0.25) is 5.02 Å². The van der Waals surface area contributed by atoms with Gasteiger partial charge in [-0.15, -0.1) is 0 Å². The highest BCUT2D eigenvalue weighted by atomic mass is 35.5. The van der Waals surface area contributed by atoms with Gasteiger partial charge in [-0.1, -0.05) is 41.9 Å². The molecule has 0 spiro atoms. The molecule has 2 aromatic carbocycles. The van der Waals surface area contributed by atoms with E-state index >= 15 is 0 Å². The molecule has 0 aromatic heterocycles. The Balaban J connectivity index is 1.63. The second kappa shape index (κ2) is 8.51. The van der Waals surface area contributed by atoms with E-state index in [1.807, 2.05) is 31.2 Å². The van der Waals surface area contributed by atoms with Gasteiger partial charge in [0.15, 0.2) is 9.84 Å². The molecule has 28 heavy (non-hydrogen) atoms. The van der Waals surface area contributed by atoms with Crippen molar-refractivity contribution in [3.63, 3.8) is 0 Å². The largest absolute Gasteiger partial charge is 0.369 e. The molecule has 6 nitrogen and oxygen atoms in total. The Hall–Kier alpha value is -2.09. The average molecular weight is 423 g/mol. The first kappa shape index (κ1) is 20.6. The summed E-state index contributed by atoms with van der Waals surface area (Å²) in [6.45, 7) is 3.07. The van der Waals surface area contributed by atoms with Crippen LogP contribution in [-0.4, -0.2) is 44.8 Å². The van der Waals surface area contributed by atoms with Crippen LogP contribution in [0.5, 0.6) is 0 Å². The third kappa shape index (κ3) is 4.84. The summed E-state index contributed by atoms with van der Waals surface area (Å²) in [6, 6.07) is 13.7. The van der Waals surface area contributed by atoms with Crippen LogP contribution in [-0.2, 0) is 21.1 Å². The van der Waals surface area contributed by atoms with Crippen molar-refractivity contribution < 1.29 is 17.9 Å². The number of sulfone groups is 1. The van der Waals surface area contributed by atoms with E-state index in [2.05, 4.69) is 5.32 Å². The lowest BCUT2D eigenvalue weighted by Gasteiger charge is -2.38. The second-order valence-corrected chi connectivity index (χ2v) is 9.34. The zero-order valence-electron chi connectivity index (χ0n) is 15.8. The van der Waals surface area contributed by atoms with E-state index < -0.39 is 9.84 Å². The number of hydrogen-bond donors (Lipinski definition) is 1. The van der Waals surface area contributed by atoms with Crippen LogP contribution in [0.3, 0.4) is 0 Å². The predicted molar refractivity (Wildman–Crippen MR) is 108 cm³/mol. The summed E-state index contributed by atoms with van der Waals surface area (Å²) in [6.07, 6.45) is 0.892. The molecule has 3 rings (SSSR count). The van der Waals surface area contributed by atoms with Gasteiger partial charge in [-0.05, 0) is 30.7 Å². The Morgan fingerprint density at radius 3 is 2.54 bits per heavy atom. The molecular weight excluding hydrogens is 400 g/mol. The topological polar surface area (TPSA) is 75.7 Å². The quantitative estimate of drug-likeness (QED) is 0.819. The number of carbonyl (C=O) groups excluding carboxylic acids is 1. The maximum Gasteiger partial charge on any atom is 0.318 e. The predicted octanol–water partition coefficient (Wildman–Crippen LogP) is 3.42. The Labute approximate surface area is 170 Å². The molecule has 1 aliphatic heterocycles. The molecular formula is C20H23ClN2O4S. The maximum atomic E-state index is 12.7. The zero-order valence-corrected chi connectivity index (χ0v) is 17.3. The summed E-state index contributed by atoms with van der Waals surface area (Å²) in [5.74, 6) is 0. The highest BCUT2D eigenvalue weighted by molar-refractivity contribution is 7.90. The Bertz CT molecular complexity index is 947. The summed E-state index contributed by atoms with van der Waals surface area (Å²) in [5, 5.41) is 3.51. The number of hydrogen-bond acceptors (Lipinski definition) is 4. The van der Waals surface area contributed by atoms with Gasteiger partial charge >= 0.3 is 6.03 Å². The van der Waals surface area contributed by atoms with Crippen molar-refractivity contribution in [3.8, 4) is 0 Å². The number of nitrogens with zero attached hydrogens (tertiary/aromatic N) is 1. The summed E-state index contributed by atoms with van der Waals surface area (Å²) in [5.41, 5.74) is 1.69. The monoisotopic (exact) mass is 422 g/mol. The minimum Gasteiger partial charge on any atom is -0.369 e. The van der Waals surface area contributed by atoms with Gasteiger partial charge in [0.05, 0.1) is 24.1 Å². The van der Waals surface area contributed by atoms with Gasteiger partial charge in [0.1, 0.15) is 6.10 Å². The van der Waals surface area contributed by atoms with Gasteiger partial charge in [0.2, 0.25) is 0 Å². The number of ether oxygens (including phenoxy) is 1. The highest BCUT2D eigenvalue weighted by Gasteiger charge is 2.31. The zero-order chi connectivity index (χ0) is 20.3. The van der Waals surface area contributed by atoms with Crippen molar-refractivity contribution in [1.82, 2.24) is 10.2 Å². The molecule has 0 aliphatic carbocycles. The molecule has 1 saturated heterocycles. The average Bonchev–Trinajstić information content (AvgIpc) is 2.67. The smallest absolute Gasteiger partial charge is 0.318 e. The van der Waals surface area contributed by atoms with Gasteiger partial charge in [0.25, 0.3) is 0 Å². The Morgan fingerprint density at radius 1 is 1.21 bits per heavy atom. The van der Waals surface area contributed by atoms with Crippen LogP contribution in [0.4, 0.5) is 4.79 Å². The molecule has 1 heterocycles. The fourth-order valence-electron chi connectivity index (χ4n) is 3.10. The fraction of sp³-hybridized carbons (Fsp3) is 0.350. The molecule has 0 bridgehead atoms. The Morgan fingerprint density at radius 2 is 1.89 bits per heavy atom. The van der Waals surface area contributed by atoms with Gasteiger partial charge in [0, 0.05) is 23.4 Å². The number of urea groups is 1. The molecule has 1 fully saturated rings. The molecule has 150 valence electrons. The number of benzene rings is 2. The third-order valence-corrected chi connectivity index (χ3v) is 6.21. The number of morpholine rings is 1. The van der Waals surface area contributed by atoms with Crippen molar-refractivity contribution in [1.29, 1.82) is 0 Å². The number of rotatable bonds is 4. The standard InChI is InChI=1S/C20H23ClN2O4S/c1-14-13-27-19(17-5-3-4-6-18(17)21)12-23(14)20(24)22-11-15-7-9-16(10-8-15)28(2,25)26/h3-10,14,19H,11-13H2,1-2H3,(H,22,24)/t14-,19+/m0/s1. The van der Waals surface area contributed by atoms with Crippen molar-refractivity contribution in [2.45, 2.75) is 30.5 Å². The van der Waals surface area contributed by atoms with E-state index in [-0.39, 0.29) is 23.1 Å². The first-order valence-corrected chi connectivity index (χ1v) is 11.2. The highest BCUT2D eigenvalue weighted by Crippen LogP contribution is 2.29. The molecule has 2 aromatic rings. The van der Waals surface area contributed by atoms with E-state index in [9.17, 15) is 13.2 Å². The lowest BCUT2D eigenvalue weighted by atomic mass is 10.1. The van der Waals surface area contributed by atoms with Crippen LogP contribution < -0.4 is 5.32 Å². The van der Waals surface area contributed by atoms with Crippen molar-refractivity contribution in [3.05, 3.63) is 64.7 Å². The summed E-state index contributed by atoms with van der Waals surface area (Å²) >= 11 is 6.27. The first-order chi connectivity index (χ1) is 13.3. The molecule has 1 aliphatic rings. The number of amides is 2. The number of carbonyl (C=O) groups is 1. The Kier molecular flexibility index (Phi) is 6.27. The minimum absolute atomic E-state index is 0.0636. The summed E-state index contributed by atoms with van der Waals surface area (Å²) in [7, 11) is -3.23. The van der Waals surface area contributed by atoms with E-state index in [4.69, 9.17) is 16.3 Å². The maximum absolute atomic E-state index is 12.7. The first-order valence-electron chi connectivity index (χ1n) is 8.95. The second-order valence-electron chi connectivity index (χ2n) is 6.92. The lowest BCUT2D eigenvalue weighted by molar-refractivity contribution is -0.0427. The summed E-state index contributed by atoms with van der Waals surface area (Å²) < 4.78 is 28.9. The van der Waals surface area contributed by atoms with E-state index in [0.29, 0.717) is 24.7 Å². The molecule has 1 N–H and O–H groups in total. The number of nitrogens with one attached hydrogen (secondary N) is 1. The van der Waals surface area contributed by atoms with Crippen LogP contribution in [0.1, 0.15) is 24.2 Å². The SMILES string of the molecule is C[C@H]1CO[C@@H](c2ccccc2Cl)CN1C(=O)NCc1ccc(S(C)(=O)=O)cc1. The van der Waals surface area contributed by atoms with Crippen molar-refractivity contribution in [2.24, 2.45) is 0 Å². The van der Waals surface area contributed by atoms with Crippen LogP contribution in [0.25, 0.3) is 0 Å². The van der Waals surface area contributed by atoms with Gasteiger partial charge in [-0.25, -0.2) is 13.2 Å². The molecule has 2 atom stereocenters. The van der Waals surface area contributed by atoms with E-state index in [1.54, 1.807) is 29.2 Å². The molecule has 0 unspecified atom stereocenters. The summed E-state index contributed by atoms with van der Waals surface area (Å²) in [4.78, 5) is 14.7. The molecule has 2 amide bonds. The van der Waals surface area contributed by atoms with Gasteiger partial charge in [-0.3, -0.25) is 0 Å². The number of halogens is 1. The fourth-order valence-corrected chi connectivity index (χ4v) is 3.99. The molecule has 0 saturated carbocycles. The molecule has 8 heteroatoms. The third-order valence-electron chi connectivity index (χ3n) is 4.74. The van der Waals surface area contributed by atoms with Crippen LogP contribution >= 0.6 is 11.6 Å². The van der Waals surface area contributed by atoms with Crippen molar-refractivity contribution in [2.75, 3.05) is 19.4 Å². The lowest BCUT2D eigenvalue weighted by Crippen LogP contribution is -2.51. The van der Waals surface area contributed by atoms with Gasteiger partial charge in [-0.2, -0.15) is 0 Å². The van der Waals surface area contributed by atoms with Crippen LogP contribution in [0, 0.1) is 0 Å². The van der Waals surface area contributed by atoms with E-state index in [0.717, 1.165) is 11.1 Å². The normalized spacial score (nSPS) is 20.0. The van der Waals surface area contributed by atoms with E-state index in [1.165, 1.54) is 6.26 Å². The van der Waals surface area contributed by atoms with Crippen LogP contribution in [0.15, 0.2) is 53.4 Å². The minimum atomic E-state index is -3.23. The van der Waals surface area contributed by atoms with Crippen molar-refractivity contribution >= 4 is 27.5 Å². The van der Waals surface area contributed by atoms with Gasteiger partial charge < -0.3 is 15.0 Å².